The predicted octanol–water partition coefficient (Wildman–Crippen LogP) is 3.37. The molecule has 0 radical (unpaired) electrons. The van der Waals surface area contributed by atoms with Crippen molar-refractivity contribution in [2.75, 3.05) is 13.2 Å². The van der Waals surface area contributed by atoms with Crippen LogP contribution in [0.5, 0.6) is 5.75 Å². The molecule has 1 saturated carbocycles. The molecule has 1 fully saturated rings. The monoisotopic (exact) mass is 233 g/mol. The fourth-order valence-corrected chi connectivity index (χ4v) is 2.03. The molecule has 1 aliphatic carbocycles. The van der Waals surface area contributed by atoms with E-state index in [1.807, 2.05) is 0 Å². The van der Waals surface area contributed by atoms with Crippen LogP contribution in [0.25, 0.3) is 0 Å². The second-order valence-electron chi connectivity index (χ2n) is 4.93. The van der Waals surface area contributed by atoms with Gasteiger partial charge in [-0.1, -0.05) is 25.5 Å². The zero-order valence-corrected chi connectivity index (χ0v) is 10.7. The first kappa shape index (κ1) is 12.4. The Kier molecular flexibility index (Phi) is 4.87. The van der Waals surface area contributed by atoms with Crippen molar-refractivity contribution in [2.24, 2.45) is 5.92 Å². The SMILES string of the molecule is CCCNCc1cccc(OCC2CCC2)c1. The van der Waals surface area contributed by atoms with Crippen molar-refractivity contribution in [1.29, 1.82) is 0 Å². The van der Waals surface area contributed by atoms with Crippen molar-refractivity contribution in [2.45, 2.75) is 39.2 Å². The van der Waals surface area contributed by atoms with Gasteiger partial charge in [0, 0.05) is 6.54 Å². The number of benzene rings is 1. The minimum atomic E-state index is 0.803. The highest BCUT2D eigenvalue weighted by molar-refractivity contribution is 5.28. The summed E-state index contributed by atoms with van der Waals surface area (Å²) in [5.41, 5.74) is 1.31. The van der Waals surface area contributed by atoms with E-state index in [4.69, 9.17) is 4.74 Å². The molecule has 17 heavy (non-hydrogen) atoms. The van der Waals surface area contributed by atoms with Crippen LogP contribution in [0.15, 0.2) is 24.3 Å². The van der Waals surface area contributed by atoms with E-state index in [-0.39, 0.29) is 0 Å². The molecule has 0 unspecified atom stereocenters. The third-order valence-electron chi connectivity index (χ3n) is 3.36. The maximum absolute atomic E-state index is 5.83. The summed E-state index contributed by atoms with van der Waals surface area (Å²) in [4.78, 5) is 0. The van der Waals surface area contributed by atoms with Crippen molar-refractivity contribution in [3.63, 3.8) is 0 Å². The smallest absolute Gasteiger partial charge is 0.119 e. The fourth-order valence-electron chi connectivity index (χ4n) is 2.03. The summed E-state index contributed by atoms with van der Waals surface area (Å²) in [6.45, 7) is 5.10. The van der Waals surface area contributed by atoms with Crippen LogP contribution in [0.2, 0.25) is 0 Å². The predicted molar refractivity (Wildman–Crippen MR) is 71.3 cm³/mol. The molecule has 0 aliphatic heterocycles. The highest BCUT2D eigenvalue weighted by Gasteiger charge is 2.17. The first-order chi connectivity index (χ1) is 8.38. The Bertz CT molecular complexity index is 333. The van der Waals surface area contributed by atoms with Gasteiger partial charge in [0.25, 0.3) is 0 Å². The summed E-state index contributed by atoms with van der Waals surface area (Å²) in [5.74, 6) is 1.82. The first-order valence-electron chi connectivity index (χ1n) is 6.81. The Morgan fingerprint density at radius 3 is 2.94 bits per heavy atom. The largest absolute Gasteiger partial charge is 0.493 e. The average Bonchev–Trinajstić information content (AvgIpc) is 2.28. The molecule has 0 bridgehead atoms. The van der Waals surface area contributed by atoms with E-state index in [0.717, 1.165) is 31.4 Å². The molecule has 0 heterocycles. The highest BCUT2D eigenvalue weighted by atomic mass is 16.5. The fraction of sp³-hybridized carbons (Fsp3) is 0.600. The minimum absolute atomic E-state index is 0.803. The standard InChI is InChI=1S/C15H23NO/c1-2-9-16-11-14-7-4-8-15(10-14)17-12-13-5-3-6-13/h4,7-8,10,13,16H,2-3,5-6,9,11-12H2,1H3. The molecule has 2 rings (SSSR count). The molecular formula is C15H23NO. The number of rotatable bonds is 7. The Hall–Kier alpha value is -1.02. The molecule has 0 saturated heterocycles. The molecule has 0 amide bonds. The third kappa shape index (κ3) is 4.04. The second kappa shape index (κ2) is 6.65. The van der Waals surface area contributed by atoms with Crippen LogP contribution in [0.1, 0.15) is 38.2 Å². The molecule has 0 atom stereocenters. The van der Waals surface area contributed by atoms with Crippen LogP contribution in [-0.4, -0.2) is 13.2 Å². The molecule has 94 valence electrons. The number of hydrogen-bond acceptors (Lipinski definition) is 2. The van der Waals surface area contributed by atoms with Gasteiger partial charge >= 0.3 is 0 Å². The normalized spacial score (nSPS) is 15.6. The summed E-state index contributed by atoms with van der Waals surface area (Å²) in [6, 6.07) is 8.45. The number of ether oxygens (including phenoxy) is 1. The minimum Gasteiger partial charge on any atom is -0.493 e. The summed E-state index contributed by atoms with van der Waals surface area (Å²) in [5, 5.41) is 3.41. The Morgan fingerprint density at radius 2 is 2.24 bits per heavy atom. The molecule has 1 aromatic carbocycles. The Balaban J connectivity index is 1.78. The van der Waals surface area contributed by atoms with Gasteiger partial charge in [0.05, 0.1) is 6.61 Å². The van der Waals surface area contributed by atoms with Crippen molar-refractivity contribution < 1.29 is 4.74 Å². The van der Waals surface area contributed by atoms with Crippen molar-refractivity contribution in [1.82, 2.24) is 5.32 Å². The van der Waals surface area contributed by atoms with E-state index >= 15 is 0 Å². The average molecular weight is 233 g/mol. The van der Waals surface area contributed by atoms with Gasteiger partial charge in [-0.15, -0.1) is 0 Å². The topological polar surface area (TPSA) is 21.3 Å². The van der Waals surface area contributed by atoms with Gasteiger partial charge in [-0.25, -0.2) is 0 Å². The molecule has 2 nitrogen and oxygen atoms in total. The van der Waals surface area contributed by atoms with E-state index in [9.17, 15) is 0 Å². The van der Waals surface area contributed by atoms with E-state index in [1.165, 1.54) is 31.2 Å². The van der Waals surface area contributed by atoms with Gasteiger partial charge < -0.3 is 10.1 Å². The van der Waals surface area contributed by atoms with Crippen LogP contribution < -0.4 is 10.1 Å². The van der Waals surface area contributed by atoms with Crippen molar-refractivity contribution in [3.05, 3.63) is 29.8 Å². The highest BCUT2D eigenvalue weighted by Crippen LogP contribution is 2.27. The lowest BCUT2D eigenvalue weighted by molar-refractivity contribution is 0.180. The lowest BCUT2D eigenvalue weighted by atomic mass is 9.86. The quantitative estimate of drug-likeness (QED) is 0.729. The zero-order chi connectivity index (χ0) is 11.9. The van der Waals surface area contributed by atoms with Crippen LogP contribution in [0.3, 0.4) is 0 Å². The van der Waals surface area contributed by atoms with E-state index in [0.29, 0.717) is 0 Å². The van der Waals surface area contributed by atoms with Crippen LogP contribution >= 0.6 is 0 Å². The van der Waals surface area contributed by atoms with E-state index in [2.05, 4.69) is 36.5 Å². The summed E-state index contributed by atoms with van der Waals surface area (Å²) in [6.07, 6.45) is 5.25. The Labute approximate surface area is 104 Å². The van der Waals surface area contributed by atoms with Crippen LogP contribution in [-0.2, 0) is 6.54 Å². The van der Waals surface area contributed by atoms with Gasteiger partial charge in [0.1, 0.15) is 5.75 Å². The maximum atomic E-state index is 5.83. The van der Waals surface area contributed by atoms with Crippen LogP contribution in [0, 0.1) is 5.92 Å². The maximum Gasteiger partial charge on any atom is 0.119 e. The second-order valence-corrected chi connectivity index (χ2v) is 4.93. The van der Waals surface area contributed by atoms with Gasteiger partial charge in [0.15, 0.2) is 0 Å². The molecule has 1 N–H and O–H groups in total. The molecule has 2 heteroatoms. The van der Waals surface area contributed by atoms with E-state index in [1.54, 1.807) is 0 Å². The van der Waals surface area contributed by atoms with Gasteiger partial charge in [0.2, 0.25) is 0 Å². The molecule has 0 aromatic heterocycles. The van der Waals surface area contributed by atoms with Crippen LogP contribution in [0.4, 0.5) is 0 Å². The Morgan fingerprint density at radius 1 is 1.35 bits per heavy atom. The summed E-state index contributed by atoms with van der Waals surface area (Å²) in [7, 11) is 0. The zero-order valence-electron chi connectivity index (χ0n) is 10.7. The third-order valence-corrected chi connectivity index (χ3v) is 3.36. The van der Waals surface area contributed by atoms with Gasteiger partial charge in [-0.3, -0.25) is 0 Å². The number of nitrogens with one attached hydrogen (secondary N) is 1. The summed E-state index contributed by atoms with van der Waals surface area (Å²) >= 11 is 0. The van der Waals surface area contributed by atoms with Crippen molar-refractivity contribution in [3.8, 4) is 5.75 Å². The lowest BCUT2D eigenvalue weighted by Crippen LogP contribution is -2.19. The molecule has 0 spiro atoms. The first-order valence-corrected chi connectivity index (χ1v) is 6.81. The van der Waals surface area contributed by atoms with Gasteiger partial charge in [-0.05, 0) is 49.4 Å². The van der Waals surface area contributed by atoms with Gasteiger partial charge in [-0.2, -0.15) is 0 Å². The number of hydrogen-bond donors (Lipinski definition) is 1. The lowest BCUT2D eigenvalue weighted by Gasteiger charge is -2.25. The molecule has 1 aliphatic rings. The van der Waals surface area contributed by atoms with E-state index < -0.39 is 0 Å². The molecule has 1 aromatic rings. The summed E-state index contributed by atoms with van der Waals surface area (Å²) < 4.78 is 5.83. The van der Waals surface area contributed by atoms with Crippen molar-refractivity contribution >= 4 is 0 Å². The molecular weight excluding hydrogens is 210 g/mol.